The highest BCUT2D eigenvalue weighted by atomic mass is 16.1. The summed E-state index contributed by atoms with van der Waals surface area (Å²) in [6.07, 6.45) is 4.89. The van der Waals surface area contributed by atoms with Crippen molar-refractivity contribution in [2.45, 2.75) is 59.4 Å². The van der Waals surface area contributed by atoms with Crippen molar-refractivity contribution >= 4 is 11.9 Å². The molecule has 3 N–H and O–H groups in total. The van der Waals surface area contributed by atoms with Crippen molar-refractivity contribution in [1.29, 1.82) is 0 Å². The quantitative estimate of drug-likeness (QED) is 0.339. The molecular weight excluding hydrogens is 302 g/mol. The fourth-order valence-electron chi connectivity index (χ4n) is 2.75. The number of carbonyl (C=O) groups excluding carboxylic acids is 1. The van der Waals surface area contributed by atoms with Gasteiger partial charge in [0.25, 0.3) is 0 Å². The van der Waals surface area contributed by atoms with Gasteiger partial charge in [-0.3, -0.25) is 9.79 Å². The van der Waals surface area contributed by atoms with E-state index in [1.54, 1.807) is 0 Å². The van der Waals surface area contributed by atoms with Crippen LogP contribution in [0.25, 0.3) is 0 Å². The number of unbranched alkanes of at least 4 members (excludes halogenated alkanes) is 1. The number of guanidine groups is 1. The molecule has 0 aromatic heterocycles. The Morgan fingerprint density at radius 3 is 2.50 bits per heavy atom. The molecule has 1 aliphatic rings. The smallest absolute Gasteiger partial charge is 0.222 e. The fraction of sp³-hybridized carbons (Fsp3) is 0.889. The van der Waals surface area contributed by atoms with Crippen molar-refractivity contribution < 1.29 is 4.79 Å². The van der Waals surface area contributed by atoms with Crippen LogP contribution in [0.1, 0.15) is 53.4 Å². The molecule has 1 fully saturated rings. The molecule has 0 saturated carbocycles. The minimum atomic E-state index is 0.0261. The highest BCUT2D eigenvalue weighted by Crippen LogP contribution is 2.11. The number of carbonyl (C=O) groups is 1. The van der Waals surface area contributed by atoms with Crippen LogP contribution < -0.4 is 16.0 Å². The van der Waals surface area contributed by atoms with Crippen LogP contribution in [-0.2, 0) is 4.79 Å². The number of nitrogens with one attached hydrogen (secondary N) is 3. The van der Waals surface area contributed by atoms with Gasteiger partial charge in [-0.2, -0.15) is 0 Å². The lowest BCUT2D eigenvalue weighted by Gasteiger charge is -2.33. The number of rotatable bonds is 9. The maximum atomic E-state index is 11.5. The topological polar surface area (TPSA) is 68.8 Å². The van der Waals surface area contributed by atoms with E-state index in [1.807, 2.05) is 13.8 Å². The van der Waals surface area contributed by atoms with Crippen LogP contribution in [0, 0.1) is 5.92 Å². The molecule has 1 aliphatic heterocycles. The third-order valence-electron chi connectivity index (χ3n) is 4.31. The molecule has 1 rings (SSSR count). The Bertz CT molecular complexity index is 376. The van der Waals surface area contributed by atoms with Crippen molar-refractivity contribution in [1.82, 2.24) is 20.9 Å². The summed E-state index contributed by atoms with van der Waals surface area (Å²) >= 11 is 0. The van der Waals surface area contributed by atoms with E-state index in [-0.39, 0.29) is 11.8 Å². The normalized spacial score (nSPS) is 17.1. The number of hydrogen-bond acceptors (Lipinski definition) is 3. The Labute approximate surface area is 147 Å². The summed E-state index contributed by atoms with van der Waals surface area (Å²) in [6.45, 7) is 13.7. The van der Waals surface area contributed by atoms with Gasteiger partial charge in [0.05, 0.1) is 6.54 Å². The molecule has 0 atom stereocenters. The van der Waals surface area contributed by atoms with E-state index in [0.29, 0.717) is 19.1 Å². The predicted molar refractivity (Wildman–Crippen MR) is 101 cm³/mol. The van der Waals surface area contributed by atoms with Gasteiger partial charge in [0.15, 0.2) is 5.96 Å². The Morgan fingerprint density at radius 1 is 1.21 bits per heavy atom. The number of nitrogens with zero attached hydrogens (tertiary/aromatic N) is 2. The average Bonchev–Trinajstić information content (AvgIpc) is 2.57. The molecule has 1 heterocycles. The van der Waals surface area contributed by atoms with Crippen LogP contribution in [0.15, 0.2) is 4.99 Å². The highest BCUT2D eigenvalue weighted by Gasteiger charge is 2.19. The van der Waals surface area contributed by atoms with Crippen LogP contribution in [0.2, 0.25) is 0 Å². The summed E-state index contributed by atoms with van der Waals surface area (Å²) in [5.41, 5.74) is 0. The first-order valence-corrected chi connectivity index (χ1v) is 9.61. The number of aliphatic imine (C=N–C) groups is 1. The lowest BCUT2D eigenvalue weighted by atomic mass is 10.0. The average molecular weight is 340 g/mol. The molecule has 0 spiro atoms. The molecular formula is C18H37N5O. The molecule has 140 valence electrons. The second kappa shape index (κ2) is 12.1. The Morgan fingerprint density at radius 2 is 1.92 bits per heavy atom. The molecule has 0 bridgehead atoms. The summed E-state index contributed by atoms with van der Waals surface area (Å²) in [7, 11) is 0. The molecule has 6 nitrogen and oxygen atoms in total. The van der Waals surface area contributed by atoms with Gasteiger partial charge in [-0.15, -0.1) is 0 Å². The summed E-state index contributed by atoms with van der Waals surface area (Å²) in [5.74, 6) is 0.976. The van der Waals surface area contributed by atoms with Crippen LogP contribution in [0.3, 0.4) is 0 Å². The molecule has 6 heteroatoms. The Balaban J connectivity index is 2.32. The zero-order chi connectivity index (χ0) is 17.8. The molecule has 0 aromatic carbocycles. The van der Waals surface area contributed by atoms with Gasteiger partial charge in [0, 0.05) is 38.1 Å². The van der Waals surface area contributed by atoms with E-state index in [4.69, 9.17) is 0 Å². The summed E-state index contributed by atoms with van der Waals surface area (Å²) in [6, 6.07) is 0.492. The zero-order valence-corrected chi connectivity index (χ0v) is 16.0. The van der Waals surface area contributed by atoms with E-state index in [0.717, 1.165) is 25.3 Å². The van der Waals surface area contributed by atoms with E-state index in [1.165, 1.54) is 32.5 Å². The predicted octanol–water partition coefficient (Wildman–Crippen LogP) is 1.58. The number of amides is 1. The van der Waals surface area contributed by atoms with E-state index in [2.05, 4.69) is 39.7 Å². The molecule has 1 saturated heterocycles. The second-order valence-corrected chi connectivity index (χ2v) is 6.82. The maximum absolute atomic E-state index is 11.5. The largest absolute Gasteiger partial charge is 0.357 e. The van der Waals surface area contributed by atoms with Gasteiger partial charge in [-0.05, 0) is 32.7 Å². The van der Waals surface area contributed by atoms with E-state index >= 15 is 0 Å². The van der Waals surface area contributed by atoms with Crippen LogP contribution in [0.5, 0.6) is 0 Å². The molecule has 0 unspecified atom stereocenters. The minimum Gasteiger partial charge on any atom is -0.357 e. The first-order valence-electron chi connectivity index (χ1n) is 9.61. The monoisotopic (exact) mass is 339 g/mol. The Kier molecular flexibility index (Phi) is 10.5. The summed E-state index contributed by atoms with van der Waals surface area (Å²) in [4.78, 5) is 18.7. The molecule has 24 heavy (non-hydrogen) atoms. The van der Waals surface area contributed by atoms with Gasteiger partial charge < -0.3 is 20.9 Å². The van der Waals surface area contributed by atoms with Gasteiger partial charge in [0.1, 0.15) is 0 Å². The summed E-state index contributed by atoms with van der Waals surface area (Å²) < 4.78 is 0. The number of hydrogen-bond donors (Lipinski definition) is 3. The van der Waals surface area contributed by atoms with Crippen molar-refractivity contribution in [2.75, 3.05) is 39.3 Å². The lowest BCUT2D eigenvalue weighted by molar-refractivity contribution is -0.123. The number of likely N-dealkylation sites (tertiary alicyclic amines) is 1. The lowest BCUT2D eigenvalue weighted by Crippen LogP contribution is -2.49. The highest BCUT2D eigenvalue weighted by molar-refractivity contribution is 5.80. The van der Waals surface area contributed by atoms with Crippen LogP contribution >= 0.6 is 0 Å². The third kappa shape index (κ3) is 8.52. The summed E-state index contributed by atoms with van der Waals surface area (Å²) in [5, 5.41) is 9.74. The first kappa shape index (κ1) is 20.7. The molecule has 1 amide bonds. The fourth-order valence-corrected chi connectivity index (χ4v) is 2.75. The molecule has 0 radical (unpaired) electrons. The standard InChI is InChI=1S/C18H37N5O/c1-5-7-12-23-13-8-16(9-14-23)22-18(19-6-2)21-11-10-20-17(24)15(3)4/h15-16H,5-14H2,1-4H3,(H,20,24)(H2,19,21,22). The SMILES string of the molecule is CCCCN1CCC(NC(=NCCNC(=O)C(C)C)NCC)CC1. The zero-order valence-electron chi connectivity index (χ0n) is 16.0. The number of piperidine rings is 1. The van der Waals surface area contributed by atoms with Crippen LogP contribution in [-0.4, -0.2) is 62.1 Å². The Hall–Kier alpha value is -1.30. The first-order chi connectivity index (χ1) is 11.6. The van der Waals surface area contributed by atoms with Gasteiger partial charge in [0.2, 0.25) is 5.91 Å². The van der Waals surface area contributed by atoms with Crippen molar-refractivity contribution in [2.24, 2.45) is 10.9 Å². The van der Waals surface area contributed by atoms with Gasteiger partial charge >= 0.3 is 0 Å². The third-order valence-corrected chi connectivity index (χ3v) is 4.31. The maximum Gasteiger partial charge on any atom is 0.222 e. The van der Waals surface area contributed by atoms with Crippen molar-refractivity contribution in [3.8, 4) is 0 Å². The second-order valence-electron chi connectivity index (χ2n) is 6.82. The van der Waals surface area contributed by atoms with E-state index in [9.17, 15) is 4.79 Å². The minimum absolute atomic E-state index is 0.0261. The molecule has 0 aromatic rings. The van der Waals surface area contributed by atoms with Gasteiger partial charge in [-0.1, -0.05) is 27.2 Å². The van der Waals surface area contributed by atoms with Crippen LogP contribution in [0.4, 0.5) is 0 Å². The van der Waals surface area contributed by atoms with Gasteiger partial charge in [-0.25, -0.2) is 0 Å². The van der Waals surface area contributed by atoms with Crippen molar-refractivity contribution in [3.05, 3.63) is 0 Å². The van der Waals surface area contributed by atoms with Crippen molar-refractivity contribution in [3.63, 3.8) is 0 Å². The van der Waals surface area contributed by atoms with E-state index < -0.39 is 0 Å². The molecule has 0 aliphatic carbocycles.